The summed E-state index contributed by atoms with van der Waals surface area (Å²) in [5.41, 5.74) is 14.1. The van der Waals surface area contributed by atoms with Crippen molar-refractivity contribution in [1.82, 2.24) is 4.57 Å². The summed E-state index contributed by atoms with van der Waals surface area (Å²) in [6, 6.07) is 55.6. The number of hydrogen-bond donors (Lipinski definition) is 0. The van der Waals surface area contributed by atoms with E-state index in [1.54, 1.807) is 0 Å². The van der Waals surface area contributed by atoms with Gasteiger partial charge in [-0.15, -0.1) is 0 Å². The minimum atomic E-state index is -0.200. The normalized spacial score (nSPS) is 13.4. The van der Waals surface area contributed by atoms with Crippen LogP contribution in [0.4, 0.5) is 0 Å². The van der Waals surface area contributed by atoms with Crippen molar-refractivity contribution in [3.05, 3.63) is 163 Å². The number of rotatable bonds is 3. The van der Waals surface area contributed by atoms with Gasteiger partial charge in [0.2, 0.25) is 0 Å². The van der Waals surface area contributed by atoms with E-state index in [9.17, 15) is 0 Å². The van der Waals surface area contributed by atoms with Crippen LogP contribution < -0.4 is 0 Å². The molecule has 1 aliphatic carbocycles. The van der Waals surface area contributed by atoms with Gasteiger partial charge in [-0.3, -0.25) is 0 Å². The molecular weight excluding hydrogens is 530 g/mol. The van der Waals surface area contributed by atoms with Crippen molar-refractivity contribution in [2.75, 3.05) is 0 Å². The van der Waals surface area contributed by atoms with Gasteiger partial charge in [-0.25, -0.2) is 0 Å². The summed E-state index contributed by atoms with van der Waals surface area (Å²) in [7, 11) is 0. The van der Waals surface area contributed by atoms with Crippen LogP contribution in [0, 0.1) is 0 Å². The van der Waals surface area contributed by atoms with E-state index in [2.05, 4.69) is 170 Å². The highest BCUT2D eigenvalue weighted by Crippen LogP contribution is 2.59. The monoisotopic (exact) mass is 561 g/mol. The predicted octanol–water partition coefficient (Wildman–Crippen LogP) is 11.6. The van der Waals surface area contributed by atoms with E-state index in [0.717, 1.165) is 0 Å². The summed E-state index contributed by atoms with van der Waals surface area (Å²) in [6.45, 7) is 4.82. The molecule has 1 heterocycles. The Morgan fingerprint density at radius 1 is 0.477 bits per heavy atom. The highest BCUT2D eigenvalue weighted by molar-refractivity contribution is 6.30. The van der Waals surface area contributed by atoms with Gasteiger partial charge in [0, 0.05) is 27.4 Å². The van der Waals surface area contributed by atoms with Crippen LogP contribution in [0.5, 0.6) is 0 Å². The SMILES string of the molecule is CC1(C)c2ccccc2-c2c1c(-c1ccccc1)c(-c1ccccc1)c1c3c4ccccc4ccc3n(-c3ccccc3)c21. The molecule has 1 aromatic heterocycles. The maximum absolute atomic E-state index is 2.54. The summed E-state index contributed by atoms with van der Waals surface area (Å²) >= 11 is 0. The molecule has 208 valence electrons. The summed E-state index contributed by atoms with van der Waals surface area (Å²) in [5, 5.41) is 5.17. The Kier molecular flexibility index (Phi) is 5.31. The third-order valence-electron chi connectivity index (χ3n) is 9.73. The van der Waals surface area contributed by atoms with Crippen LogP contribution in [0.25, 0.3) is 71.6 Å². The van der Waals surface area contributed by atoms with Crippen LogP contribution in [0.15, 0.2) is 152 Å². The Bertz CT molecular complexity index is 2380. The van der Waals surface area contributed by atoms with Gasteiger partial charge < -0.3 is 4.57 Å². The van der Waals surface area contributed by atoms with Crippen molar-refractivity contribution in [1.29, 1.82) is 0 Å². The zero-order valence-corrected chi connectivity index (χ0v) is 24.9. The van der Waals surface area contributed by atoms with Crippen molar-refractivity contribution >= 4 is 32.6 Å². The van der Waals surface area contributed by atoms with E-state index in [0.29, 0.717) is 0 Å². The molecule has 0 fully saturated rings. The average Bonchev–Trinajstić information content (AvgIpc) is 3.55. The molecule has 0 unspecified atom stereocenters. The fourth-order valence-corrected chi connectivity index (χ4v) is 7.93. The lowest BCUT2D eigenvalue weighted by Gasteiger charge is -2.27. The Hall–Kier alpha value is -5.40. The van der Waals surface area contributed by atoms with Gasteiger partial charge in [0.25, 0.3) is 0 Å². The first-order valence-corrected chi connectivity index (χ1v) is 15.5. The Balaban J connectivity index is 1.67. The molecule has 7 aromatic carbocycles. The topological polar surface area (TPSA) is 4.93 Å². The van der Waals surface area contributed by atoms with Gasteiger partial charge in [0.15, 0.2) is 0 Å². The highest BCUT2D eigenvalue weighted by atomic mass is 15.0. The molecule has 0 atom stereocenters. The lowest BCUT2D eigenvalue weighted by atomic mass is 9.75. The first kappa shape index (κ1) is 25.1. The molecular formula is C43H31N. The average molecular weight is 562 g/mol. The van der Waals surface area contributed by atoms with Crippen molar-refractivity contribution < 1.29 is 0 Å². The fraction of sp³-hybridized carbons (Fsp3) is 0.0698. The van der Waals surface area contributed by atoms with Gasteiger partial charge in [0.05, 0.1) is 11.0 Å². The molecule has 0 radical (unpaired) electrons. The molecule has 0 saturated carbocycles. The van der Waals surface area contributed by atoms with Gasteiger partial charge in [-0.2, -0.15) is 0 Å². The molecule has 1 nitrogen and oxygen atoms in total. The molecule has 9 rings (SSSR count). The lowest BCUT2D eigenvalue weighted by molar-refractivity contribution is 0.662. The quantitative estimate of drug-likeness (QED) is 0.202. The summed E-state index contributed by atoms with van der Waals surface area (Å²) < 4.78 is 2.54. The summed E-state index contributed by atoms with van der Waals surface area (Å²) in [5.74, 6) is 0. The van der Waals surface area contributed by atoms with E-state index in [-0.39, 0.29) is 5.41 Å². The van der Waals surface area contributed by atoms with Crippen LogP contribution in [0.3, 0.4) is 0 Å². The summed E-state index contributed by atoms with van der Waals surface area (Å²) in [4.78, 5) is 0. The summed E-state index contributed by atoms with van der Waals surface area (Å²) in [6.07, 6.45) is 0. The van der Waals surface area contributed by atoms with Gasteiger partial charge in [0.1, 0.15) is 0 Å². The smallest absolute Gasteiger partial charge is 0.0629 e. The third-order valence-corrected chi connectivity index (χ3v) is 9.73. The van der Waals surface area contributed by atoms with E-state index in [1.165, 1.54) is 82.8 Å². The van der Waals surface area contributed by atoms with Gasteiger partial charge in [-0.05, 0) is 67.9 Å². The lowest BCUT2D eigenvalue weighted by Crippen LogP contribution is -2.17. The zero-order chi connectivity index (χ0) is 29.4. The maximum atomic E-state index is 2.54. The second-order valence-corrected chi connectivity index (χ2v) is 12.5. The van der Waals surface area contributed by atoms with Crippen molar-refractivity contribution in [3.8, 4) is 39.1 Å². The van der Waals surface area contributed by atoms with E-state index in [1.807, 2.05) is 0 Å². The van der Waals surface area contributed by atoms with E-state index in [4.69, 9.17) is 0 Å². The van der Waals surface area contributed by atoms with E-state index >= 15 is 0 Å². The minimum Gasteiger partial charge on any atom is -0.309 e. The molecule has 1 aliphatic rings. The molecule has 0 amide bonds. The Labute approximate surface area is 257 Å². The number of aromatic nitrogens is 1. The van der Waals surface area contributed by atoms with Crippen molar-refractivity contribution in [2.45, 2.75) is 19.3 Å². The van der Waals surface area contributed by atoms with Crippen LogP contribution in [-0.4, -0.2) is 4.57 Å². The third kappa shape index (κ3) is 3.35. The number of fused-ring (bicyclic) bond motifs is 9. The molecule has 0 bridgehead atoms. The predicted molar refractivity (Wildman–Crippen MR) is 187 cm³/mol. The second-order valence-electron chi connectivity index (χ2n) is 12.5. The highest BCUT2D eigenvalue weighted by Gasteiger charge is 2.42. The first-order chi connectivity index (χ1) is 21.6. The molecule has 0 spiro atoms. The van der Waals surface area contributed by atoms with Crippen LogP contribution >= 0.6 is 0 Å². The largest absolute Gasteiger partial charge is 0.309 e. The zero-order valence-electron chi connectivity index (χ0n) is 24.9. The van der Waals surface area contributed by atoms with E-state index < -0.39 is 0 Å². The van der Waals surface area contributed by atoms with Crippen LogP contribution in [0.1, 0.15) is 25.0 Å². The number of para-hydroxylation sites is 1. The Morgan fingerprint density at radius 2 is 1.07 bits per heavy atom. The van der Waals surface area contributed by atoms with Crippen molar-refractivity contribution in [3.63, 3.8) is 0 Å². The molecule has 44 heavy (non-hydrogen) atoms. The van der Waals surface area contributed by atoms with Gasteiger partial charge >= 0.3 is 0 Å². The number of benzene rings is 7. The number of nitrogens with zero attached hydrogens (tertiary/aromatic N) is 1. The maximum Gasteiger partial charge on any atom is 0.0629 e. The standard InChI is InChI=1S/C43H31N/c1-43(2)34-25-15-14-24-33(34)39-41(43)37(30-19-8-4-9-20-30)36(29-17-6-3-7-18-29)40-38-32-23-13-12-16-28(32)26-27-35(38)44(42(39)40)31-21-10-5-11-22-31/h3-27H,1-2H3. The fourth-order valence-electron chi connectivity index (χ4n) is 7.93. The Morgan fingerprint density at radius 3 is 1.80 bits per heavy atom. The molecule has 1 heteroatoms. The van der Waals surface area contributed by atoms with Crippen molar-refractivity contribution in [2.24, 2.45) is 0 Å². The molecule has 0 saturated heterocycles. The minimum absolute atomic E-state index is 0.200. The molecule has 0 N–H and O–H groups in total. The van der Waals surface area contributed by atoms with Crippen LogP contribution in [-0.2, 0) is 5.41 Å². The molecule has 0 aliphatic heterocycles. The first-order valence-electron chi connectivity index (χ1n) is 15.5. The van der Waals surface area contributed by atoms with Gasteiger partial charge in [-0.1, -0.05) is 147 Å². The molecule has 8 aromatic rings. The van der Waals surface area contributed by atoms with Crippen LogP contribution in [0.2, 0.25) is 0 Å². The second kappa shape index (κ2) is 9.30. The number of hydrogen-bond acceptors (Lipinski definition) is 0.